The Balaban J connectivity index is 2.44. The number of anilines is 1. The maximum absolute atomic E-state index is 13.1. The van der Waals surface area contributed by atoms with Crippen molar-refractivity contribution in [2.24, 2.45) is 0 Å². The van der Waals surface area contributed by atoms with Crippen LogP contribution in [0.4, 0.5) is 10.2 Å². The molecule has 2 rings (SSSR count). The number of halogens is 2. The number of carbonyl (C=O) groups excluding carboxylic acids is 1. The van der Waals surface area contributed by atoms with Crippen molar-refractivity contribution >= 4 is 27.7 Å². The Morgan fingerprint density at radius 1 is 1.47 bits per heavy atom. The summed E-state index contributed by atoms with van der Waals surface area (Å²) in [6.45, 7) is 0. The molecule has 0 unspecified atom stereocenters. The number of carbonyl (C=O) groups is 1. The van der Waals surface area contributed by atoms with Crippen LogP contribution >= 0.6 is 15.9 Å². The molecule has 0 fully saturated rings. The number of hydrogen-bond donors (Lipinski definition) is 1. The second-order valence-electron chi connectivity index (χ2n) is 3.61. The van der Waals surface area contributed by atoms with Crippen molar-refractivity contribution in [3.8, 4) is 11.4 Å². The van der Waals surface area contributed by atoms with Gasteiger partial charge in [-0.15, -0.1) is 0 Å². The highest BCUT2D eigenvalue weighted by molar-refractivity contribution is 9.10. The molecule has 7 heteroatoms. The standard InChI is InChI=1S/C12H9BrFN3O2/c1-19-12(18)7-5-16-11(17-10(7)15)6-2-3-9(14)8(13)4-6/h2-5H,1H3,(H2,15,16,17). The average molecular weight is 326 g/mol. The smallest absolute Gasteiger partial charge is 0.343 e. The van der Waals surface area contributed by atoms with Gasteiger partial charge in [0.2, 0.25) is 0 Å². The van der Waals surface area contributed by atoms with Crippen LogP contribution in [0.2, 0.25) is 0 Å². The summed E-state index contributed by atoms with van der Waals surface area (Å²) in [5.41, 5.74) is 6.34. The number of hydrogen-bond acceptors (Lipinski definition) is 5. The van der Waals surface area contributed by atoms with Gasteiger partial charge in [0.25, 0.3) is 0 Å². The van der Waals surface area contributed by atoms with Gasteiger partial charge in [-0.1, -0.05) is 0 Å². The number of esters is 1. The zero-order valence-electron chi connectivity index (χ0n) is 9.85. The van der Waals surface area contributed by atoms with Gasteiger partial charge in [-0.2, -0.15) is 0 Å². The minimum Gasteiger partial charge on any atom is -0.465 e. The number of rotatable bonds is 2. The van der Waals surface area contributed by atoms with E-state index < -0.39 is 5.97 Å². The van der Waals surface area contributed by atoms with Crippen molar-refractivity contribution in [2.45, 2.75) is 0 Å². The first-order valence-corrected chi connectivity index (χ1v) is 5.98. The average Bonchev–Trinajstić information content (AvgIpc) is 2.41. The van der Waals surface area contributed by atoms with Crippen molar-refractivity contribution in [3.05, 3.63) is 40.2 Å². The van der Waals surface area contributed by atoms with E-state index in [0.717, 1.165) is 0 Å². The predicted molar refractivity (Wildman–Crippen MR) is 70.9 cm³/mol. The van der Waals surface area contributed by atoms with E-state index in [9.17, 15) is 9.18 Å². The van der Waals surface area contributed by atoms with Crippen LogP contribution in [0.15, 0.2) is 28.9 Å². The fraction of sp³-hybridized carbons (Fsp3) is 0.0833. The van der Waals surface area contributed by atoms with Gasteiger partial charge >= 0.3 is 5.97 Å². The lowest BCUT2D eigenvalue weighted by Crippen LogP contribution is -2.09. The van der Waals surface area contributed by atoms with E-state index in [1.165, 1.54) is 31.5 Å². The Kier molecular flexibility index (Phi) is 3.75. The quantitative estimate of drug-likeness (QED) is 0.858. The predicted octanol–water partition coefficient (Wildman–Crippen LogP) is 2.41. The second kappa shape index (κ2) is 5.31. The van der Waals surface area contributed by atoms with Gasteiger partial charge in [-0.05, 0) is 34.1 Å². The maximum Gasteiger partial charge on any atom is 0.343 e. The fourth-order valence-corrected chi connectivity index (χ4v) is 1.82. The Hall–Kier alpha value is -2.02. The normalized spacial score (nSPS) is 10.3. The molecule has 1 aromatic carbocycles. The molecule has 0 saturated carbocycles. The van der Waals surface area contributed by atoms with Crippen LogP contribution < -0.4 is 5.73 Å². The first kappa shape index (κ1) is 13.4. The Bertz CT molecular complexity index is 649. The van der Waals surface area contributed by atoms with Crippen molar-refractivity contribution < 1.29 is 13.9 Å². The molecule has 98 valence electrons. The molecule has 0 aliphatic heterocycles. The summed E-state index contributed by atoms with van der Waals surface area (Å²) >= 11 is 3.07. The molecule has 0 amide bonds. The van der Waals surface area contributed by atoms with E-state index >= 15 is 0 Å². The van der Waals surface area contributed by atoms with E-state index in [2.05, 4.69) is 30.6 Å². The number of methoxy groups -OCH3 is 1. The summed E-state index contributed by atoms with van der Waals surface area (Å²) in [5, 5.41) is 0. The minimum absolute atomic E-state index is 0.0114. The highest BCUT2D eigenvalue weighted by atomic mass is 79.9. The van der Waals surface area contributed by atoms with Gasteiger partial charge in [0.15, 0.2) is 5.82 Å². The highest BCUT2D eigenvalue weighted by Crippen LogP contribution is 2.23. The third kappa shape index (κ3) is 2.70. The number of aromatic nitrogens is 2. The molecule has 5 nitrogen and oxygen atoms in total. The van der Waals surface area contributed by atoms with Crippen LogP contribution in [-0.4, -0.2) is 23.0 Å². The van der Waals surface area contributed by atoms with Gasteiger partial charge in [-0.25, -0.2) is 19.2 Å². The van der Waals surface area contributed by atoms with Crippen molar-refractivity contribution in [3.63, 3.8) is 0 Å². The topological polar surface area (TPSA) is 78.1 Å². The number of benzene rings is 1. The van der Waals surface area contributed by atoms with E-state index in [4.69, 9.17) is 5.73 Å². The Labute approximate surface area is 116 Å². The number of nitrogens with zero attached hydrogens (tertiary/aromatic N) is 2. The maximum atomic E-state index is 13.1. The molecule has 2 N–H and O–H groups in total. The SMILES string of the molecule is COC(=O)c1cnc(-c2ccc(F)c(Br)c2)nc1N. The molecule has 0 bridgehead atoms. The number of nitrogen functional groups attached to an aromatic ring is 1. The third-order valence-corrected chi connectivity index (χ3v) is 3.01. The lowest BCUT2D eigenvalue weighted by atomic mass is 10.2. The molecule has 0 saturated heterocycles. The fourth-order valence-electron chi connectivity index (χ4n) is 1.44. The largest absolute Gasteiger partial charge is 0.465 e. The van der Waals surface area contributed by atoms with Crippen molar-refractivity contribution in [1.82, 2.24) is 9.97 Å². The summed E-state index contributed by atoms with van der Waals surface area (Å²) in [5.74, 6) is -0.685. The zero-order chi connectivity index (χ0) is 14.0. The summed E-state index contributed by atoms with van der Waals surface area (Å²) < 4.78 is 18.0. The van der Waals surface area contributed by atoms with Crippen LogP contribution in [-0.2, 0) is 4.74 Å². The van der Waals surface area contributed by atoms with Crippen molar-refractivity contribution in [2.75, 3.05) is 12.8 Å². The van der Waals surface area contributed by atoms with Gasteiger partial charge in [0, 0.05) is 11.8 Å². The second-order valence-corrected chi connectivity index (χ2v) is 4.47. The zero-order valence-corrected chi connectivity index (χ0v) is 11.4. The first-order valence-electron chi connectivity index (χ1n) is 5.19. The Morgan fingerprint density at radius 3 is 2.79 bits per heavy atom. The summed E-state index contributed by atoms with van der Waals surface area (Å²) in [6, 6.07) is 4.34. The monoisotopic (exact) mass is 325 g/mol. The number of nitrogens with two attached hydrogens (primary N) is 1. The lowest BCUT2D eigenvalue weighted by molar-refractivity contribution is 0.0601. The molecular weight excluding hydrogens is 317 g/mol. The van der Waals surface area contributed by atoms with Gasteiger partial charge in [-0.3, -0.25) is 0 Å². The van der Waals surface area contributed by atoms with Crippen LogP contribution in [0.5, 0.6) is 0 Å². The number of ether oxygens (including phenoxy) is 1. The molecule has 1 aromatic heterocycles. The molecule has 0 atom stereocenters. The molecule has 0 radical (unpaired) electrons. The molecular formula is C12H9BrFN3O2. The van der Waals surface area contributed by atoms with Crippen LogP contribution in [0.25, 0.3) is 11.4 Å². The molecule has 2 aromatic rings. The van der Waals surface area contributed by atoms with E-state index in [-0.39, 0.29) is 17.2 Å². The highest BCUT2D eigenvalue weighted by Gasteiger charge is 2.14. The molecule has 0 aliphatic rings. The molecule has 0 aliphatic carbocycles. The van der Waals surface area contributed by atoms with E-state index in [0.29, 0.717) is 15.9 Å². The van der Waals surface area contributed by atoms with E-state index in [1.807, 2.05) is 0 Å². The van der Waals surface area contributed by atoms with Gasteiger partial charge in [0.05, 0.1) is 11.6 Å². The van der Waals surface area contributed by atoms with Gasteiger partial charge in [0.1, 0.15) is 17.2 Å². The van der Waals surface area contributed by atoms with Crippen LogP contribution in [0, 0.1) is 5.82 Å². The van der Waals surface area contributed by atoms with Crippen LogP contribution in [0.1, 0.15) is 10.4 Å². The molecule has 0 spiro atoms. The van der Waals surface area contributed by atoms with Crippen LogP contribution in [0.3, 0.4) is 0 Å². The lowest BCUT2D eigenvalue weighted by Gasteiger charge is -2.05. The van der Waals surface area contributed by atoms with E-state index in [1.54, 1.807) is 0 Å². The molecule has 19 heavy (non-hydrogen) atoms. The summed E-state index contributed by atoms with van der Waals surface area (Å²) in [4.78, 5) is 19.4. The first-order chi connectivity index (χ1) is 9.02. The molecule has 1 heterocycles. The van der Waals surface area contributed by atoms with Gasteiger partial charge < -0.3 is 10.5 Å². The Morgan fingerprint density at radius 2 is 2.21 bits per heavy atom. The summed E-state index contributed by atoms with van der Waals surface area (Å²) in [6.07, 6.45) is 1.28. The summed E-state index contributed by atoms with van der Waals surface area (Å²) in [7, 11) is 1.24. The van der Waals surface area contributed by atoms with Crippen molar-refractivity contribution in [1.29, 1.82) is 0 Å². The minimum atomic E-state index is -0.607. The third-order valence-electron chi connectivity index (χ3n) is 2.40.